The second kappa shape index (κ2) is 7.46. The summed E-state index contributed by atoms with van der Waals surface area (Å²) in [4.78, 5) is 0. The van der Waals surface area contributed by atoms with Gasteiger partial charge in [-0.15, -0.1) is 0 Å². The van der Waals surface area contributed by atoms with Crippen molar-refractivity contribution in [2.24, 2.45) is 0 Å². The van der Waals surface area contributed by atoms with E-state index in [1.807, 2.05) is 36.4 Å². The van der Waals surface area contributed by atoms with Gasteiger partial charge in [0.05, 0.1) is 6.26 Å². The molecule has 3 aromatic rings. The molecule has 0 aliphatic heterocycles. The number of halogens is 1. The van der Waals surface area contributed by atoms with Crippen LogP contribution in [0, 0.1) is 0 Å². The first-order valence-corrected chi connectivity index (χ1v) is 11.3. The molecular weight excluding hydrogens is 390 g/mol. The van der Waals surface area contributed by atoms with Crippen LogP contribution in [-0.2, 0) is 22.9 Å². The molecule has 0 fully saturated rings. The Bertz CT molecular complexity index is 1180. The van der Waals surface area contributed by atoms with Gasteiger partial charge in [-0.25, -0.2) is 8.42 Å². The third-order valence-corrected chi connectivity index (χ3v) is 5.82. The van der Waals surface area contributed by atoms with E-state index in [0.717, 1.165) is 46.4 Å². The van der Waals surface area contributed by atoms with Gasteiger partial charge in [0, 0.05) is 10.7 Å². The van der Waals surface area contributed by atoms with Crippen LogP contribution in [0.3, 0.4) is 0 Å². The van der Waals surface area contributed by atoms with Crippen LogP contribution >= 0.6 is 11.6 Å². The lowest BCUT2D eigenvalue weighted by atomic mass is 9.92. The van der Waals surface area contributed by atoms with Crippen molar-refractivity contribution in [2.45, 2.75) is 12.8 Å². The lowest BCUT2D eigenvalue weighted by Crippen LogP contribution is -2.09. The maximum absolute atomic E-state index is 11.6. The molecule has 0 bridgehead atoms. The van der Waals surface area contributed by atoms with E-state index >= 15 is 0 Å². The summed E-state index contributed by atoms with van der Waals surface area (Å²) < 4.78 is 25.7. The molecule has 0 unspecified atom stereocenters. The normalized spacial score (nSPS) is 14.9. The van der Waals surface area contributed by atoms with Crippen molar-refractivity contribution >= 4 is 39.0 Å². The van der Waals surface area contributed by atoms with Crippen molar-refractivity contribution in [1.29, 1.82) is 0 Å². The van der Waals surface area contributed by atoms with Gasteiger partial charge in [0.1, 0.15) is 0 Å². The maximum atomic E-state index is 11.6. The number of nitrogens with one attached hydrogen (secondary N) is 1. The molecule has 28 heavy (non-hydrogen) atoms. The molecule has 1 aliphatic rings. The van der Waals surface area contributed by atoms with Crippen molar-refractivity contribution in [3.05, 3.63) is 99.6 Å². The van der Waals surface area contributed by atoms with Crippen LogP contribution in [0.15, 0.2) is 66.7 Å². The molecule has 0 heterocycles. The fraction of sp³-hybridized carbons (Fsp3) is 0.130. The Labute approximate surface area is 170 Å². The summed E-state index contributed by atoms with van der Waals surface area (Å²) in [6, 6.07) is 21.8. The Kier molecular flexibility index (Phi) is 5.00. The smallest absolute Gasteiger partial charge is 0.229 e. The summed E-state index contributed by atoms with van der Waals surface area (Å²) in [5.41, 5.74) is 7.31. The average Bonchev–Trinajstić information content (AvgIpc) is 2.79. The molecule has 1 N–H and O–H groups in total. The molecule has 3 nitrogen and oxygen atoms in total. The van der Waals surface area contributed by atoms with E-state index in [-0.39, 0.29) is 0 Å². The average molecular weight is 410 g/mol. The van der Waals surface area contributed by atoms with E-state index < -0.39 is 10.0 Å². The Morgan fingerprint density at radius 3 is 2.50 bits per heavy atom. The fourth-order valence-corrected chi connectivity index (χ4v) is 4.52. The maximum Gasteiger partial charge on any atom is 0.229 e. The number of rotatable bonds is 3. The number of anilines is 1. The molecule has 5 heteroatoms. The van der Waals surface area contributed by atoms with Gasteiger partial charge in [-0.2, -0.15) is 0 Å². The summed E-state index contributed by atoms with van der Waals surface area (Å²) in [6.45, 7) is 0. The molecule has 0 saturated carbocycles. The lowest BCUT2D eigenvalue weighted by molar-refractivity contribution is 0.607. The fourth-order valence-electron chi connectivity index (χ4n) is 3.70. The zero-order valence-electron chi connectivity index (χ0n) is 15.4. The zero-order chi connectivity index (χ0) is 19.7. The second-order valence-corrected chi connectivity index (χ2v) is 9.14. The molecule has 0 radical (unpaired) electrons. The van der Waals surface area contributed by atoms with Gasteiger partial charge in [0.2, 0.25) is 10.0 Å². The van der Waals surface area contributed by atoms with E-state index in [1.54, 1.807) is 6.07 Å². The SMILES string of the molecule is CS(=O)(=O)Nc1cccc(C=C2c3ccccc3CCc3c(Cl)cccc32)c1. The molecule has 0 aromatic heterocycles. The van der Waals surface area contributed by atoms with Gasteiger partial charge in [-0.05, 0) is 70.5 Å². The third-order valence-electron chi connectivity index (χ3n) is 4.86. The number of hydrogen-bond donors (Lipinski definition) is 1. The van der Waals surface area contributed by atoms with Crippen LogP contribution < -0.4 is 4.72 Å². The minimum Gasteiger partial charge on any atom is -0.284 e. The number of sulfonamides is 1. The van der Waals surface area contributed by atoms with Crippen LogP contribution in [0.2, 0.25) is 5.02 Å². The predicted octanol–water partition coefficient (Wildman–Crippen LogP) is 5.40. The van der Waals surface area contributed by atoms with Crippen LogP contribution in [-0.4, -0.2) is 14.7 Å². The van der Waals surface area contributed by atoms with Crippen LogP contribution in [0.25, 0.3) is 11.6 Å². The largest absolute Gasteiger partial charge is 0.284 e. The molecule has 0 atom stereocenters. The number of aryl methyl sites for hydroxylation is 1. The summed E-state index contributed by atoms with van der Waals surface area (Å²) in [5, 5.41) is 0.781. The standard InChI is InChI=1S/C23H20ClNO2S/c1-28(26,27)25-18-8-4-6-16(14-18)15-22-19-9-3-2-7-17(19)12-13-21-20(22)10-5-11-23(21)24/h2-11,14-15,25H,12-13H2,1H3. The Balaban J connectivity index is 1.89. The minimum absolute atomic E-state index is 0.546. The van der Waals surface area contributed by atoms with Crippen molar-refractivity contribution in [3.63, 3.8) is 0 Å². The van der Waals surface area contributed by atoms with Gasteiger partial charge in [0.15, 0.2) is 0 Å². The van der Waals surface area contributed by atoms with Crippen LogP contribution in [0.4, 0.5) is 5.69 Å². The first-order valence-electron chi connectivity index (χ1n) is 9.06. The van der Waals surface area contributed by atoms with Gasteiger partial charge >= 0.3 is 0 Å². The minimum atomic E-state index is -3.32. The van der Waals surface area contributed by atoms with Crippen LogP contribution in [0.1, 0.15) is 27.8 Å². The monoisotopic (exact) mass is 409 g/mol. The molecule has 142 valence electrons. The second-order valence-electron chi connectivity index (χ2n) is 6.98. The Morgan fingerprint density at radius 2 is 1.68 bits per heavy atom. The quantitative estimate of drug-likeness (QED) is 0.629. The highest BCUT2D eigenvalue weighted by Gasteiger charge is 2.19. The molecule has 3 aromatic carbocycles. The first kappa shape index (κ1) is 18.8. The lowest BCUT2D eigenvalue weighted by Gasteiger charge is -2.13. The highest BCUT2D eigenvalue weighted by Crippen LogP contribution is 2.37. The van der Waals surface area contributed by atoms with Crippen molar-refractivity contribution < 1.29 is 8.42 Å². The predicted molar refractivity (Wildman–Crippen MR) is 117 cm³/mol. The third kappa shape index (κ3) is 3.98. The Morgan fingerprint density at radius 1 is 0.929 bits per heavy atom. The van der Waals surface area contributed by atoms with E-state index in [9.17, 15) is 8.42 Å². The number of hydrogen-bond acceptors (Lipinski definition) is 2. The molecule has 4 rings (SSSR count). The highest BCUT2D eigenvalue weighted by molar-refractivity contribution is 7.92. The van der Waals surface area contributed by atoms with Gasteiger partial charge in [-0.3, -0.25) is 4.72 Å². The summed E-state index contributed by atoms with van der Waals surface area (Å²) in [5.74, 6) is 0. The van der Waals surface area contributed by atoms with Crippen molar-refractivity contribution in [1.82, 2.24) is 0 Å². The van der Waals surface area contributed by atoms with E-state index in [1.165, 1.54) is 11.1 Å². The summed E-state index contributed by atoms with van der Waals surface area (Å²) in [6.07, 6.45) is 5.07. The van der Waals surface area contributed by atoms with Gasteiger partial charge < -0.3 is 0 Å². The molecule has 0 saturated heterocycles. The van der Waals surface area contributed by atoms with E-state index in [0.29, 0.717) is 5.69 Å². The van der Waals surface area contributed by atoms with Gasteiger partial charge in [0.25, 0.3) is 0 Å². The number of benzene rings is 3. The molecule has 0 amide bonds. The van der Waals surface area contributed by atoms with E-state index in [2.05, 4.69) is 35.1 Å². The topological polar surface area (TPSA) is 46.2 Å². The van der Waals surface area contributed by atoms with Crippen LogP contribution in [0.5, 0.6) is 0 Å². The summed E-state index contributed by atoms with van der Waals surface area (Å²) in [7, 11) is -3.32. The molecular formula is C23H20ClNO2S. The molecule has 1 aliphatic carbocycles. The molecule has 0 spiro atoms. The van der Waals surface area contributed by atoms with Crippen molar-refractivity contribution in [3.8, 4) is 0 Å². The summed E-state index contributed by atoms with van der Waals surface area (Å²) >= 11 is 6.52. The van der Waals surface area contributed by atoms with E-state index in [4.69, 9.17) is 11.6 Å². The zero-order valence-corrected chi connectivity index (χ0v) is 17.0. The first-order chi connectivity index (χ1) is 13.4. The Hall–Kier alpha value is -2.56. The highest BCUT2D eigenvalue weighted by atomic mass is 35.5. The van der Waals surface area contributed by atoms with Gasteiger partial charge in [-0.1, -0.05) is 60.1 Å². The van der Waals surface area contributed by atoms with Crippen molar-refractivity contribution in [2.75, 3.05) is 11.0 Å². The number of fused-ring (bicyclic) bond motifs is 2.